The second-order valence-electron chi connectivity index (χ2n) is 14.4. The van der Waals surface area contributed by atoms with Crippen molar-refractivity contribution in [1.29, 1.82) is 0 Å². The molecule has 0 saturated carbocycles. The maximum Gasteiger partial charge on any atom is -0.00132 e. The van der Waals surface area contributed by atoms with E-state index < -0.39 is 0 Å². The van der Waals surface area contributed by atoms with Gasteiger partial charge in [-0.05, 0) is 123 Å². The summed E-state index contributed by atoms with van der Waals surface area (Å²) in [4.78, 5) is 0. The van der Waals surface area contributed by atoms with Gasteiger partial charge in [0.25, 0.3) is 0 Å². The summed E-state index contributed by atoms with van der Waals surface area (Å²) in [5.74, 6) is 0. The van der Waals surface area contributed by atoms with Crippen molar-refractivity contribution in [2.24, 2.45) is 0 Å². The van der Waals surface area contributed by atoms with Gasteiger partial charge in [0, 0.05) is 0 Å². The van der Waals surface area contributed by atoms with Crippen molar-refractivity contribution in [2.45, 2.75) is 12.8 Å². The second kappa shape index (κ2) is 11.5. The summed E-state index contributed by atoms with van der Waals surface area (Å²) in [6.07, 6.45) is 2.02. The van der Waals surface area contributed by atoms with Crippen molar-refractivity contribution in [1.82, 2.24) is 0 Å². The minimum Gasteiger partial charge on any atom is -0.0619 e. The molecule has 0 saturated heterocycles. The third-order valence-corrected chi connectivity index (χ3v) is 11.5. The van der Waals surface area contributed by atoms with Crippen LogP contribution in [0.2, 0.25) is 0 Å². The van der Waals surface area contributed by atoms with Crippen LogP contribution < -0.4 is 0 Å². The fraction of sp³-hybridized carbons (Fsp3) is 0.0385. The number of hydrogen-bond acceptors (Lipinski definition) is 0. The Morgan fingerprint density at radius 3 is 0.942 bits per heavy atom. The van der Waals surface area contributed by atoms with Crippen LogP contribution in [-0.2, 0) is 12.8 Å². The van der Waals surface area contributed by atoms with Crippen LogP contribution >= 0.6 is 0 Å². The average molecular weight is 659 g/mol. The fourth-order valence-electron chi connectivity index (χ4n) is 9.06. The van der Waals surface area contributed by atoms with E-state index in [2.05, 4.69) is 182 Å². The Morgan fingerprint density at radius 1 is 0.231 bits per heavy atom. The predicted octanol–water partition coefficient (Wildman–Crippen LogP) is 13.8. The lowest BCUT2D eigenvalue weighted by Crippen LogP contribution is -1.91. The van der Waals surface area contributed by atoms with E-state index in [-0.39, 0.29) is 0 Å². The average Bonchev–Trinajstić information content (AvgIpc) is 3.77. The molecule has 0 heterocycles. The number of rotatable bonds is 4. The first-order valence-corrected chi connectivity index (χ1v) is 18.3. The van der Waals surface area contributed by atoms with Crippen molar-refractivity contribution in [3.05, 3.63) is 204 Å². The molecule has 0 spiro atoms. The normalized spacial score (nSPS) is 12.5. The molecule has 0 atom stereocenters. The third kappa shape index (κ3) is 4.54. The highest BCUT2D eigenvalue weighted by Gasteiger charge is 2.21. The van der Waals surface area contributed by atoms with Gasteiger partial charge >= 0.3 is 0 Å². The van der Waals surface area contributed by atoms with Gasteiger partial charge < -0.3 is 0 Å². The summed E-state index contributed by atoms with van der Waals surface area (Å²) in [7, 11) is 0. The van der Waals surface area contributed by atoms with Crippen molar-refractivity contribution in [3.8, 4) is 66.8 Å². The van der Waals surface area contributed by atoms with Crippen molar-refractivity contribution < 1.29 is 0 Å². The number of benzene rings is 9. The van der Waals surface area contributed by atoms with Crippen molar-refractivity contribution >= 4 is 21.5 Å². The van der Waals surface area contributed by atoms with E-state index in [1.807, 2.05) is 0 Å². The maximum atomic E-state index is 2.39. The van der Waals surface area contributed by atoms with Crippen molar-refractivity contribution in [3.63, 3.8) is 0 Å². The molecule has 9 aromatic rings. The Balaban J connectivity index is 0.972. The smallest absolute Gasteiger partial charge is 0.00132 e. The van der Waals surface area contributed by atoms with Crippen LogP contribution in [-0.4, -0.2) is 0 Å². The monoisotopic (exact) mass is 658 g/mol. The summed E-state index contributed by atoms with van der Waals surface area (Å²) in [6.45, 7) is 0. The molecule has 0 heteroatoms. The highest BCUT2D eigenvalue weighted by atomic mass is 14.2. The lowest BCUT2D eigenvalue weighted by Gasteiger charge is -2.18. The van der Waals surface area contributed by atoms with E-state index in [1.54, 1.807) is 0 Å². The zero-order valence-corrected chi connectivity index (χ0v) is 28.7. The van der Waals surface area contributed by atoms with E-state index in [0.717, 1.165) is 12.8 Å². The van der Waals surface area contributed by atoms with Gasteiger partial charge in [0.05, 0.1) is 0 Å². The molecule has 0 aromatic heterocycles. The largest absolute Gasteiger partial charge is 0.0619 e. The van der Waals surface area contributed by atoms with Crippen LogP contribution in [0.1, 0.15) is 22.3 Å². The van der Waals surface area contributed by atoms with E-state index in [4.69, 9.17) is 0 Å². The molecule has 2 aliphatic rings. The quantitative estimate of drug-likeness (QED) is 0.165. The Bertz CT molecular complexity index is 2610. The summed E-state index contributed by atoms with van der Waals surface area (Å²) in [5.41, 5.74) is 21.3. The number of fused-ring (bicyclic) bond motifs is 8. The van der Waals surface area contributed by atoms with Crippen molar-refractivity contribution in [2.75, 3.05) is 0 Å². The van der Waals surface area contributed by atoms with Gasteiger partial charge in [0.2, 0.25) is 0 Å². The van der Waals surface area contributed by atoms with Crippen LogP contribution in [0.15, 0.2) is 182 Å². The molecular weight excluding hydrogens is 625 g/mol. The first-order valence-electron chi connectivity index (χ1n) is 18.3. The van der Waals surface area contributed by atoms with E-state index >= 15 is 0 Å². The van der Waals surface area contributed by atoms with Crippen LogP contribution in [0.4, 0.5) is 0 Å². The predicted molar refractivity (Wildman–Crippen MR) is 220 cm³/mol. The Hall–Kier alpha value is -6.50. The molecule has 0 unspecified atom stereocenters. The van der Waals surface area contributed by atoms with E-state index in [9.17, 15) is 0 Å². The van der Waals surface area contributed by atoms with Gasteiger partial charge in [0.15, 0.2) is 0 Å². The molecule has 0 nitrogen and oxygen atoms in total. The van der Waals surface area contributed by atoms with Crippen LogP contribution in [0.5, 0.6) is 0 Å². The molecule has 9 aromatic carbocycles. The Morgan fingerprint density at radius 2 is 0.538 bits per heavy atom. The summed E-state index contributed by atoms with van der Waals surface area (Å²) in [6, 6.07) is 67.9. The van der Waals surface area contributed by atoms with Gasteiger partial charge in [-0.3, -0.25) is 0 Å². The van der Waals surface area contributed by atoms with Gasteiger partial charge in [-0.15, -0.1) is 0 Å². The number of hydrogen-bond donors (Lipinski definition) is 0. The third-order valence-electron chi connectivity index (χ3n) is 11.5. The highest BCUT2D eigenvalue weighted by Crippen LogP contribution is 2.45. The zero-order valence-electron chi connectivity index (χ0n) is 28.7. The first-order chi connectivity index (χ1) is 25.8. The molecule has 52 heavy (non-hydrogen) atoms. The van der Waals surface area contributed by atoms with Crippen LogP contribution in [0.25, 0.3) is 88.3 Å². The molecule has 0 bridgehead atoms. The summed E-state index contributed by atoms with van der Waals surface area (Å²) >= 11 is 0. The van der Waals surface area contributed by atoms with Crippen LogP contribution in [0.3, 0.4) is 0 Å². The molecule has 0 amide bonds. The maximum absolute atomic E-state index is 2.39. The highest BCUT2D eigenvalue weighted by molar-refractivity contribution is 6.21. The molecule has 0 aliphatic heterocycles. The minimum atomic E-state index is 1.01. The minimum absolute atomic E-state index is 1.01. The lowest BCUT2D eigenvalue weighted by molar-refractivity contribution is 1.26. The molecule has 11 rings (SSSR count). The van der Waals surface area contributed by atoms with Gasteiger partial charge in [-0.1, -0.05) is 182 Å². The molecule has 2 aliphatic carbocycles. The molecule has 0 fully saturated rings. The fourth-order valence-corrected chi connectivity index (χ4v) is 9.06. The second-order valence-corrected chi connectivity index (χ2v) is 14.4. The zero-order chi connectivity index (χ0) is 34.2. The van der Waals surface area contributed by atoms with E-state index in [1.165, 1.54) is 111 Å². The molecule has 242 valence electrons. The molecular formula is C52H34. The van der Waals surface area contributed by atoms with Gasteiger partial charge in [0.1, 0.15) is 0 Å². The summed E-state index contributed by atoms with van der Waals surface area (Å²) < 4.78 is 0. The topological polar surface area (TPSA) is 0 Å². The standard InChI is InChI=1S/C52H34/c1-3-11-43-39(9-1)31-41-29-37(25-27-45(41)43)33-17-21-35(22-18-33)51-47-13-5-7-15-49(47)52(50-16-8-6-14-48(50)51)36-23-19-34(20-24-36)38-26-28-46-42(30-38)32-40-10-2-4-12-44(40)46/h1-30H,31-32H2. The van der Waals surface area contributed by atoms with Crippen LogP contribution in [0, 0.1) is 0 Å². The SMILES string of the molecule is c1ccc2c(c1)Cc1cc(-c3ccc(-c4c5ccccc5c(-c5ccc(-c6ccc7c(c6)Cc6ccccc6-7)cc5)c5ccccc45)cc3)ccc1-2. The molecule has 0 radical (unpaired) electrons. The lowest BCUT2D eigenvalue weighted by atomic mass is 9.85. The Kier molecular flexibility index (Phi) is 6.48. The van der Waals surface area contributed by atoms with E-state index in [0.29, 0.717) is 0 Å². The van der Waals surface area contributed by atoms with Gasteiger partial charge in [-0.25, -0.2) is 0 Å². The molecule has 0 N–H and O–H groups in total. The summed E-state index contributed by atoms with van der Waals surface area (Å²) in [5, 5.41) is 5.12. The van der Waals surface area contributed by atoms with Gasteiger partial charge in [-0.2, -0.15) is 0 Å². The first kappa shape index (κ1) is 29.3. The Labute approximate surface area is 304 Å².